The van der Waals surface area contributed by atoms with E-state index in [0.29, 0.717) is 4.88 Å². The van der Waals surface area contributed by atoms with Crippen molar-refractivity contribution < 1.29 is 9.59 Å². The van der Waals surface area contributed by atoms with Crippen molar-refractivity contribution in [3.05, 3.63) is 21.9 Å². The van der Waals surface area contributed by atoms with E-state index in [4.69, 9.17) is 0 Å². The zero-order valence-electron chi connectivity index (χ0n) is 11.3. The van der Waals surface area contributed by atoms with Gasteiger partial charge in [-0.25, -0.2) is 0 Å². The standard InChI is InChI=1S/C14H20N2O2S/c1-11-6-7-12(19-11)14(18)15-10-13(17)16-8-4-2-3-5-9-16/h6-7H,2-5,8-10H2,1H3,(H,15,18). The van der Waals surface area contributed by atoms with E-state index in [-0.39, 0.29) is 18.4 Å². The molecule has 1 fully saturated rings. The molecule has 0 bridgehead atoms. The smallest absolute Gasteiger partial charge is 0.261 e. The first-order chi connectivity index (χ1) is 9.16. The van der Waals surface area contributed by atoms with Crippen molar-refractivity contribution in [2.75, 3.05) is 19.6 Å². The minimum Gasteiger partial charge on any atom is -0.342 e. The highest BCUT2D eigenvalue weighted by Crippen LogP contribution is 2.14. The lowest BCUT2D eigenvalue weighted by Crippen LogP contribution is -2.40. The Labute approximate surface area is 117 Å². The van der Waals surface area contributed by atoms with E-state index in [2.05, 4.69) is 5.32 Å². The van der Waals surface area contributed by atoms with Crippen LogP contribution >= 0.6 is 11.3 Å². The normalized spacial score (nSPS) is 15.9. The molecule has 0 aliphatic carbocycles. The van der Waals surface area contributed by atoms with Crippen LogP contribution in [0.3, 0.4) is 0 Å². The Morgan fingerprint density at radius 3 is 2.47 bits per heavy atom. The van der Waals surface area contributed by atoms with E-state index in [0.717, 1.165) is 30.8 Å². The second-order valence-corrected chi connectivity index (χ2v) is 6.18. The van der Waals surface area contributed by atoms with Gasteiger partial charge in [-0.15, -0.1) is 11.3 Å². The first-order valence-electron chi connectivity index (χ1n) is 6.79. The largest absolute Gasteiger partial charge is 0.342 e. The SMILES string of the molecule is Cc1ccc(C(=O)NCC(=O)N2CCCCCC2)s1. The molecule has 104 valence electrons. The fourth-order valence-corrected chi connectivity index (χ4v) is 3.02. The molecule has 0 unspecified atom stereocenters. The van der Waals surface area contributed by atoms with Crippen LogP contribution < -0.4 is 5.32 Å². The summed E-state index contributed by atoms with van der Waals surface area (Å²) in [6.45, 7) is 3.72. The van der Waals surface area contributed by atoms with Crippen LogP contribution in [0.4, 0.5) is 0 Å². The van der Waals surface area contributed by atoms with Gasteiger partial charge < -0.3 is 10.2 Å². The minimum atomic E-state index is -0.152. The summed E-state index contributed by atoms with van der Waals surface area (Å²) in [5, 5.41) is 2.71. The van der Waals surface area contributed by atoms with Gasteiger partial charge in [0.15, 0.2) is 0 Å². The van der Waals surface area contributed by atoms with Crippen LogP contribution in [0.25, 0.3) is 0 Å². The van der Waals surface area contributed by atoms with Crippen molar-refractivity contribution in [3.63, 3.8) is 0 Å². The molecule has 4 nitrogen and oxygen atoms in total. The predicted octanol–water partition coefficient (Wildman–Crippen LogP) is 2.19. The number of likely N-dealkylation sites (tertiary alicyclic amines) is 1. The number of nitrogens with zero attached hydrogens (tertiary/aromatic N) is 1. The topological polar surface area (TPSA) is 49.4 Å². The second-order valence-electron chi connectivity index (χ2n) is 4.89. The third-order valence-electron chi connectivity index (χ3n) is 3.32. The van der Waals surface area contributed by atoms with Crippen LogP contribution in [0.2, 0.25) is 0 Å². The number of aryl methyl sites for hydroxylation is 1. The molecule has 1 aromatic heterocycles. The number of rotatable bonds is 3. The molecular weight excluding hydrogens is 260 g/mol. The van der Waals surface area contributed by atoms with Gasteiger partial charge in [0.05, 0.1) is 11.4 Å². The molecule has 1 aliphatic heterocycles. The zero-order valence-corrected chi connectivity index (χ0v) is 12.1. The Kier molecular flexibility index (Phi) is 4.96. The van der Waals surface area contributed by atoms with Gasteiger partial charge in [0.1, 0.15) is 0 Å². The first-order valence-corrected chi connectivity index (χ1v) is 7.61. The third-order valence-corrected chi connectivity index (χ3v) is 4.32. The molecule has 0 spiro atoms. The lowest BCUT2D eigenvalue weighted by Gasteiger charge is -2.20. The molecule has 0 atom stereocenters. The van der Waals surface area contributed by atoms with Crippen LogP contribution in [-0.4, -0.2) is 36.3 Å². The molecule has 0 saturated carbocycles. The van der Waals surface area contributed by atoms with Gasteiger partial charge in [0.2, 0.25) is 5.91 Å². The minimum absolute atomic E-state index is 0.0310. The predicted molar refractivity (Wildman–Crippen MR) is 76.4 cm³/mol. The fraction of sp³-hybridized carbons (Fsp3) is 0.571. The average molecular weight is 280 g/mol. The molecule has 1 saturated heterocycles. The zero-order chi connectivity index (χ0) is 13.7. The molecule has 2 heterocycles. The summed E-state index contributed by atoms with van der Waals surface area (Å²) in [5.41, 5.74) is 0. The van der Waals surface area contributed by atoms with Crippen molar-refractivity contribution in [1.82, 2.24) is 10.2 Å². The van der Waals surface area contributed by atoms with E-state index >= 15 is 0 Å². The van der Waals surface area contributed by atoms with Gasteiger partial charge in [-0.2, -0.15) is 0 Å². The summed E-state index contributed by atoms with van der Waals surface area (Å²) in [6, 6.07) is 3.71. The second kappa shape index (κ2) is 6.70. The average Bonchev–Trinajstić information content (AvgIpc) is 2.68. The van der Waals surface area contributed by atoms with Gasteiger partial charge in [-0.05, 0) is 31.9 Å². The van der Waals surface area contributed by atoms with Crippen molar-refractivity contribution in [2.45, 2.75) is 32.6 Å². The molecule has 2 rings (SSSR count). The highest BCUT2D eigenvalue weighted by molar-refractivity contribution is 7.13. The molecule has 0 aromatic carbocycles. The van der Waals surface area contributed by atoms with E-state index in [1.807, 2.05) is 17.9 Å². The Morgan fingerprint density at radius 1 is 1.21 bits per heavy atom. The molecule has 0 radical (unpaired) electrons. The molecule has 2 amide bonds. The summed E-state index contributed by atoms with van der Waals surface area (Å²) in [4.78, 5) is 27.5. The number of carbonyl (C=O) groups is 2. The highest BCUT2D eigenvalue weighted by Gasteiger charge is 2.16. The maximum Gasteiger partial charge on any atom is 0.261 e. The van der Waals surface area contributed by atoms with Crippen LogP contribution in [-0.2, 0) is 4.79 Å². The molecular formula is C14H20N2O2S. The van der Waals surface area contributed by atoms with Crippen LogP contribution in [0, 0.1) is 6.92 Å². The van der Waals surface area contributed by atoms with Crippen molar-refractivity contribution >= 4 is 23.2 Å². The maximum absolute atomic E-state index is 12.0. The van der Waals surface area contributed by atoms with Crippen molar-refractivity contribution in [3.8, 4) is 0 Å². The number of hydrogen-bond donors (Lipinski definition) is 1. The lowest BCUT2D eigenvalue weighted by molar-refractivity contribution is -0.130. The van der Waals surface area contributed by atoms with Crippen LogP contribution in [0.1, 0.15) is 40.2 Å². The van der Waals surface area contributed by atoms with E-state index in [1.54, 1.807) is 6.07 Å². The lowest BCUT2D eigenvalue weighted by atomic mass is 10.2. The molecule has 1 aliphatic rings. The number of hydrogen-bond acceptors (Lipinski definition) is 3. The monoisotopic (exact) mass is 280 g/mol. The quantitative estimate of drug-likeness (QED) is 0.922. The summed E-state index contributed by atoms with van der Waals surface area (Å²) >= 11 is 1.45. The maximum atomic E-state index is 12.0. The Hall–Kier alpha value is -1.36. The Morgan fingerprint density at radius 2 is 1.89 bits per heavy atom. The van der Waals surface area contributed by atoms with Crippen molar-refractivity contribution in [1.29, 1.82) is 0 Å². The molecule has 1 aromatic rings. The van der Waals surface area contributed by atoms with Crippen LogP contribution in [0.15, 0.2) is 12.1 Å². The number of thiophene rings is 1. The molecule has 19 heavy (non-hydrogen) atoms. The first kappa shape index (κ1) is 14.1. The van der Waals surface area contributed by atoms with Crippen LogP contribution in [0.5, 0.6) is 0 Å². The van der Waals surface area contributed by atoms with E-state index in [1.165, 1.54) is 24.2 Å². The van der Waals surface area contributed by atoms with Gasteiger partial charge in [0, 0.05) is 18.0 Å². The van der Waals surface area contributed by atoms with E-state index < -0.39 is 0 Å². The number of nitrogens with one attached hydrogen (secondary N) is 1. The van der Waals surface area contributed by atoms with Gasteiger partial charge in [-0.3, -0.25) is 9.59 Å². The fourth-order valence-electron chi connectivity index (χ4n) is 2.23. The highest BCUT2D eigenvalue weighted by atomic mass is 32.1. The summed E-state index contributed by atoms with van der Waals surface area (Å²) < 4.78 is 0. The number of carbonyl (C=O) groups excluding carboxylic acids is 2. The van der Waals surface area contributed by atoms with Gasteiger partial charge >= 0.3 is 0 Å². The third kappa shape index (κ3) is 4.06. The summed E-state index contributed by atoms with van der Waals surface area (Å²) in [7, 11) is 0. The van der Waals surface area contributed by atoms with Gasteiger partial charge in [0.25, 0.3) is 5.91 Å². The van der Waals surface area contributed by atoms with Gasteiger partial charge in [-0.1, -0.05) is 12.8 Å². The summed E-state index contributed by atoms with van der Waals surface area (Å²) in [5.74, 6) is -0.121. The Bertz CT molecular complexity index is 448. The Balaban J connectivity index is 1.81. The van der Waals surface area contributed by atoms with E-state index in [9.17, 15) is 9.59 Å². The molecule has 5 heteroatoms. The molecule has 1 N–H and O–H groups in total. The van der Waals surface area contributed by atoms with Crippen molar-refractivity contribution in [2.24, 2.45) is 0 Å². The number of amides is 2. The summed E-state index contributed by atoms with van der Waals surface area (Å²) in [6.07, 6.45) is 4.54.